The first-order valence-electron chi connectivity index (χ1n) is 11.9. The number of amides is 3. The van der Waals surface area contributed by atoms with Gasteiger partial charge in [-0.3, -0.25) is 14.4 Å². The van der Waals surface area contributed by atoms with Crippen molar-refractivity contribution in [3.05, 3.63) is 28.7 Å². The Hall–Kier alpha value is -3.39. The van der Waals surface area contributed by atoms with Gasteiger partial charge in [-0.05, 0) is 45.6 Å². The molecule has 12 heteroatoms. The van der Waals surface area contributed by atoms with Crippen molar-refractivity contribution in [2.45, 2.75) is 69.2 Å². The van der Waals surface area contributed by atoms with Crippen LogP contribution in [0.1, 0.15) is 56.4 Å². The Bertz CT molecular complexity index is 1290. The van der Waals surface area contributed by atoms with Gasteiger partial charge < -0.3 is 25.7 Å². The van der Waals surface area contributed by atoms with Gasteiger partial charge in [0.2, 0.25) is 11.8 Å². The molecule has 1 saturated heterocycles. The molecule has 0 radical (unpaired) electrons. The van der Waals surface area contributed by atoms with Crippen molar-refractivity contribution in [2.24, 2.45) is 5.92 Å². The van der Waals surface area contributed by atoms with E-state index in [1.165, 1.54) is 33.1 Å². The zero-order valence-corrected chi connectivity index (χ0v) is 21.4. The number of nitriles is 1. The molecule has 1 aromatic heterocycles. The maximum atomic E-state index is 14.6. The summed E-state index contributed by atoms with van der Waals surface area (Å²) in [4.78, 5) is 41.0. The lowest BCUT2D eigenvalue weighted by molar-refractivity contribution is -0.125. The van der Waals surface area contributed by atoms with Crippen LogP contribution in [0.5, 0.6) is 5.75 Å². The van der Waals surface area contributed by atoms with E-state index < -0.39 is 41.3 Å². The second-order valence-electron chi connectivity index (χ2n) is 10.4. The van der Waals surface area contributed by atoms with E-state index in [9.17, 15) is 28.4 Å². The zero-order valence-electron chi connectivity index (χ0n) is 20.6. The molecule has 2 heterocycles. The number of carbonyl (C=O) groups excluding carboxylic acids is 3. The molecule has 4 N–H and O–H groups in total. The van der Waals surface area contributed by atoms with Gasteiger partial charge in [0.1, 0.15) is 29.2 Å². The molecule has 1 aliphatic heterocycles. The molecule has 1 spiro atoms. The third kappa shape index (κ3) is 5.80. The van der Waals surface area contributed by atoms with Crippen LogP contribution in [0.25, 0.3) is 10.9 Å². The van der Waals surface area contributed by atoms with Crippen molar-refractivity contribution in [1.82, 2.24) is 20.9 Å². The first-order chi connectivity index (χ1) is 17.3. The Morgan fingerprint density at radius 2 is 2.05 bits per heavy atom. The molecule has 2 aromatic rings. The third-order valence-electron chi connectivity index (χ3n) is 6.79. The van der Waals surface area contributed by atoms with E-state index >= 15 is 0 Å². The van der Waals surface area contributed by atoms with E-state index in [2.05, 4.69) is 20.9 Å². The fourth-order valence-corrected chi connectivity index (χ4v) is 4.96. The van der Waals surface area contributed by atoms with Gasteiger partial charge in [-0.2, -0.15) is 5.26 Å². The first kappa shape index (κ1) is 26.7. The Labute approximate surface area is 217 Å². The van der Waals surface area contributed by atoms with Crippen LogP contribution in [0.4, 0.5) is 8.78 Å². The maximum absolute atomic E-state index is 14.6. The lowest BCUT2D eigenvalue weighted by atomic mass is 9.95. The first-order valence-corrected chi connectivity index (χ1v) is 12.3. The van der Waals surface area contributed by atoms with Crippen LogP contribution < -0.4 is 20.7 Å². The van der Waals surface area contributed by atoms with Crippen LogP contribution in [-0.2, 0) is 9.59 Å². The highest BCUT2D eigenvalue weighted by molar-refractivity contribution is 6.31. The molecule has 198 valence electrons. The second kappa shape index (κ2) is 9.82. The van der Waals surface area contributed by atoms with Crippen molar-refractivity contribution < 1.29 is 27.9 Å². The van der Waals surface area contributed by atoms with Crippen molar-refractivity contribution in [1.29, 1.82) is 5.26 Å². The van der Waals surface area contributed by atoms with Gasteiger partial charge in [-0.1, -0.05) is 11.6 Å². The van der Waals surface area contributed by atoms with Crippen LogP contribution in [-0.4, -0.2) is 53.1 Å². The standard InChI is InChI=1S/C25H28ClF2N5O4/c1-24(2,28)10-17(23(36)30-13(11-29)6-12-9-25(4-5-25)33-21(12)34)32-22(35)16-7-14-18(37-3)8-15(26)19(27)20(14)31-16/h7-8,12-13,17,31H,4-6,9-10H2,1-3H3,(H,30,36)(H,32,35)(H,33,34)/t12-,13+,17+/m1/s1. The topological polar surface area (TPSA) is 136 Å². The number of hydrogen-bond acceptors (Lipinski definition) is 5. The summed E-state index contributed by atoms with van der Waals surface area (Å²) >= 11 is 5.89. The molecule has 0 bridgehead atoms. The summed E-state index contributed by atoms with van der Waals surface area (Å²) < 4.78 is 34.3. The summed E-state index contributed by atoms with van der Waals surface area (Å²) in [6.45, 7) is 2.51. The van der Waals surface area contributed by atoms with Crippen LogP contribution in [0, 0.1) is 23.1 Å². The number of carbonyl (C=O) groups is 3. The number of rotatable bonds is 9. The molecular formula is C25H28ClF2N5O4. The normalized spacial score (nSPS) is 19.7. The Morgan fingerprint density at radius 3 is 2.62 bits per heavy atom. The van der Waals surface area contributed by atoms with Gasteiger partial charge in [0.25, 0.3) is 5.91 Å². The average Bonchev–Trinajstić information content (AvgIpc) is 3.29. The fourth-order valence-electron chi connectivity index (χ4n) is 4.77. The van der Waals surface area contributed by atoms with Gasteiger partial charge in [0.05, 0.1) is 23.7 Å². The summed E-state index contributed by atoms with van der Waals surface area (Å²) in [6.07, 6.45) is 2.11. The minimum absolute atomic E-state index is 0.0610. The van der Waals surface area contributed by atoms with Crippen LogP contribution in [0.2, 0.25) is 5.02 Å². The highest BCUT2D eigenvalue weighted by Crippen LogP contribution is 2.46. The summed E-state index contributed by atoms with van der Waals surface area (Å²) in [7, 11) is 1.37. The summed E-state index contributed by atoms with van der Waals surface area (Å²) in [6, 6.07) is 2.23. The van der Waals surface area contributed by atoms with Crippen molar-refractivity contribution >= 4 is 40.2 Å². The Kier molecular flexibility index (Phi) is 7.08. The smallest absolute Gasteiger partial charge is 0.268 e. The molecule has 2 aliphatic rings. The number of H-pyrrole nitrogens is 1. The van der Waals surface area contributed by atoms with Crippen molar-refractivity contribution in [2.75, 3.05) is 7.11 Å². The predicted molar refractivity (Wildman–Crippen MR) is 131 cm³/mol. The van der Waals surface area contributed by atoms with Crippen LogP contribution in [0.15, 0.2) is 12.1 Å². The number of nitrogens with zero attached hydrogens (tertiary/aromatic N) is 1. The largest absolute Gasteiger partial charge is 0.496 e. The molecule has 3 atom stereocenters. The Balaban J connectivity index is 1.50. The van der Waals surface area contributed by atoms with Gasteiger partial charge in [-0.15, -0.1) is 0 Å². The van der Waals surface area contributed by atoms with Crippen LogP contribution >= 0.6 is 11.6 Å². The van der Waals surface area contributed by atoms with E-state index in [0.717, 1.165) is 12.8 Å². The van der Waals surface area contributed by atoms with Gasteiger partial charge in [-0.25, -0.2) is 8.78 Å². The van der Waals surface area contributed by atoms with E-state index in [1.807, 2.05) is 6.07 Å². The molecular weight excluding hydrogens is 508 g/mol. The molecule has 37 heavy (non-hydrogen) atoms. The molecule has 1 aliphatic carbocycles. The second-order valence-corrected chi connectivity index (χ2v) is 10.8. The predicted octanol–water partition coefficient (Wildman–Crippen LogP) is 3.27. The van der Waals surface area contributed by atoms with E-state index in [4.69, 9.17) is 16.3 Å². The number of aromatic nitrogens is 1. The molecule has 4 rings (SSSR count). The summed E-state index contributed by atoms with van der Waals surface area (Å²) in [5.41, 5.74) is -2.18. The average molecular weight is 536 g/mol. The quantitative estimate of drug-likeness (QED) is 0.391. The number of hydrogen-bond donors (Lipinski definition) is 4. The highest BCUT2D eigenvalue weighted by atomic mass is 35.5. The van der Waals surface area contributed by atoms with E-state index in [1.54, 1.807) is 0 Å². The number of methoxy groups -OCH3 is 1. The number of fused-ring (bicyclic) bond motifs is 1. The fraction of sp³-hybridized carbons (Fsp3) is 0.520. The van der Waals surface area contributed by atoms with E-state index in [-0.39, 0.29) is 51.7 Å². The lowest BCUT2D eigenvalue weighted by Gasteiger charge is -2.25. The molecule has 9 nitrogen and oxygen atoms in total. The van der Waals surface area contributed by atoms with Crippen molar-refractivity contribution in [3.63, 3.8) is 0 Å². The number of ether oxygens (including phenoxy) is 1. The van der Waals surface area contributed by atoms with Gasteiger partial charge >= 0.3 is 0 Å². The summed E-state index contributed by atoms with van der Waals surface area (Å²) in [5.74, 6) is -2.68. The molecule has 1 saturated carbocycles. The van der Waals surface area contributed by atoms with Crippen LogP contribution in [0.3, 0.4) is 0 Å². The molecule has 2 fully saturated rings. The molecule has 1 aromatic carbocycles. The zero-order chi connectivity index (χ0) is 27.1. The van der Waals surface area contributed by atoms with Crippen molar-refractivity contribution in [3.8, 4) is 11.8 Å². The maximum Gasteiger partial charge on any atom is 0.268 e. The SMILES string of the molecule is COc1cc(Cl)c(F)c2[nH]c(C(=O)N[C@@H](CC(C)(C)F)C(=O)N[C@H](C#N)C[C@@H]3CC4(CC4)NC3=O)cc12. The minimum atomic E-state index is -1.84. The molecule has 3 amide bonds. The number of nitrogens with one attached hydrogen (secondary N) is 4. The monoisotopic (exact) mass is 535 g/mol. The lowest BCUT2D eigenvalue weighted by Crippen LogP contribution is -2.51. The number of benzene rings is 1. The highest BCUT2D eigenvalue weighted by Gasteiger charge is 2.52. The summed E-state index contributed by atoms with van der Waals surface area (Å²) in [5, 5.41) is 17.6. The number of alkyl halides is 1. The Morgan fingerprint density at radius 1 is 1.35 bits per heavy atom. The van der Waals surface area contributed by atoms with Gasteiger partial charge in [0, 0.05) is 29.3 Å². The third-order valence-corrected chi connectivity index (χ3v) is 7.06. The van der Waals surface area contributed by atoms with Gasteiger partial charge in [0.15, 0.2) is 5.82 Å². The number of halogens is 3. The number of aromatic amines is 1. The van der Waals surface area contributed by atoms with E-state index in [0.29, 0.717) is 6.42 Å². The minimum Gasteiger partial charge on any atom is -0.496 e. The molecule has 0 unspecified atom stereocenters.